The first-order valence-electron chi connectivity index (χ1n) is 11.3. The predicted octanol–water partition coefficient (Wildman–Crippen LogP) is 4.39. The number of piperazine rings is 1. The van der Waals surface area contributed by atoms with Crippen LogP contribution in [0.15, 0.2) is 48.8 Å². The fourth-order valence-corrected chi connectivity index (χ4v) is 5.04. The third-order valence-corrected chi connectivity index (χ3v) is 7.24. The van der Waals surface area contributed by atoms with E-state index in [2.05, 4.69) is 20.0 Å². The van der Waals surface area contributed by atoms with Crippen LogP contribution in [0.25, 0.3) is 16.2 Å². The Balaban J connectivity index is 1.38. The molecule has 7 nitrogen and oxygen atoms in total. The van der Waals surface area contributed by atoms with Crippen molar-refractivity contribution < 1.29 is 18.0 Å². The number of amides is 1. The molecule has 5 heterocycles. The second kappa shape index (κ2) is 9.38. The van der Waals surface area contributed by atoms with Gasteiger partial charge in [-0.15, -0.1) is 11.3 Å². The first-order valence-corrected chi connectivity index (χ1v) is 12.1. The summed E-state index contributed by atoms with van der Waals surface area (Å²) in [4.78, 5) is 27.2. The van der Waals surface area contributed by atoms with Crippen molar-refractivity contribution in [3.05, 3.63) is 70.6 Å². The van der Waals surface area contributed by atoms with E-state index in [1.165, 1.54) is 17.4 Å². The smallest absolute Gasteiger partial charge is 0.335 e. The number of thiophene rings is 1. The Labute approximate surface area is 203 Å². The lowest BCUT2D eigenvalue weighted by Gasteiger charge is -2.34. The van der Waals surface area contributed by atoms with Gasteiger partial charge in [0.25, 0.3) is 5.91 Å². The molecule has 182 valence electrons. The van der Waals surface area contributed by atoms with Crippen molar-refractivity contribution in [1.29, 1.82) is 0 Å². The van der Waals surface area contributed by atoms with Gasteiger partial charge in [-0.25, -0.2) is 9.50 Å². The fraction of sp³-hybridized carbons (Fsp3) is 0.333. The molecule has 1 aliphatic rings. The number of carbonyl (C=O) groups is 1. The average molecular weight is 501 g/mol. The summed E-state index contributed by atoms with van der Waals surface area (Å²) in [6, 6.07) is 9.89. The summed E-state index contributed by atoms with van der Waals surface area (Å²) in [7, 11) is 0. The first-order chi connectivity index (χ1) is 16.8. The average Bonchev–Trinajstić information content (AvgIpc) is 3.50. The number of aromatic nitrogens is 4. The van der Waals surface area contributed by atoms with Crippen molar-refractivity contribution in [1.82, 2.24) is 29.4 Å². The number of pyridine rings is 1. The zero-order chi connectivity index (χ0) is 24.6. The van der Waals surface area contributed by atoms with Crippen molar-refractivity contribution in [3.63, 3.8) is 0 Å². The van der Waals surface area contributed by atoms with Crippen molar-refractivity contribution in [2.45, 2.75) is 26.1 Å². The van der Waals surface area contributed by atoms with Crippen LogP contribution in [0.4, 0.5) is 13.2 Å². The van der Waals surface area contributed by atoms with Gasteiger partial charge < -0.3 is 4.90 Å². The molecule has 0 aromatic carbocycles. The predicted molar refractivity (Wildman–Crippen MR) is 126 cm³/mol. The molecule has 1 amide bonds. The summed E-state index contributed by atoms with van der Waals surface area (Å²) in [5.74, 6) is -0.393. The Kier molecular flexibility index (Phi) is 6.28. The third-order valence-electron chi connectivity index (χ3n) is 5.99. The van der Waals surface area contributed by atoms with E-state index in [9.17, 15) is 18.0 Å². The largest absolute Gasteiger partial charge is 0.433 e. The maximum absolute atomic E-state index is 13.9. The molecule has 0 aliphatic carbocycles. The molecule has 4 aromatic rings. The standard InChI is InChI=1S/C24H23F3N6OS/c1-2-17-5-6-20(35-17)18-12-21(24(25,26)27)33-22(29-18)13-19(30-33)23(34)32-10-8-31(9-11-32)15-16-4-3-7-28-14-16/h3-7,12-14H,2,8-11,15H2,1H3. The van der Waals surface area contributed by atoms with Gasteiger partial charge in [0.2, 0.25) is 0 Å². The van der Waals surface area contributed by atoms with Gasteiger partial charge in [-0.1, -0.05) is 13.0 Å². The Morgan fingerprint density at radius 1 is 1.11 bits per heavy atom. The molecule has 11 heteroatoms. The summed E-state index contributed by atoms with van der Waals surface area (Å²) in [6.07, 6.45) is -0.322. The molecule has 5 rings (SSSR count). The lowest BCUT2D eigenvalue weighted by molar-refractivity contribution is -0.142. The van der Waals surface area contributed by atoms with Crippen LogP contribution < -0.4 is 0 Å². The fourth-order valence-electron chi connectivity index (χ4n) is 4.13. The maximum Gasteiger partial charge on any atom is 0.433 e. The van der Waals surface area contributed by atoms with Crippen LogP contribution in [-0.4, -0.2) is 61.5 Å². The van der Waals surface area contributed by atoms with Gasteiger partial charge in [0.1, 0.15) is 0 Å². The molecule has 35 heavy (non-hydrogen) atoms. The minimum Gasteiger partial charge on any atom is -0.335 e. The minimum atomic E-state index is -4.65. The van der Waals surface area contributed by atoms with Gasteiger partial charge in [0.15, 0.2) is 17.0 Å². The van der Waals surface area contributed by atoms with Crippen LogP contribution in [0.1, 0.15) is 33.5 Å². The summed E-state index contributed by atoms with van der Waals surface area (Å²) in [5.41, 5.74) is 0.314. The number of carbonyl (C=O) groups excluding carboxylic acids is 1. The minimum absolute atomic E-state index is 0.000151. The number of rotatable bonds is 5. The van der Waals surface area contributed by atoms with Gasteiger partial charge in [-0.2, -0.15) is 18.3 Å². The second-order valence-electron chi connectivity index (χ2n) is 8.37. The summed E-state index contributed by atoms with van der Waals surface area (Å²) in [6.45, 7) is 4.96. The van der Waals surface area contributed by atoms with E-state index in [0.29, 0.717) is 31.1 Å². The van der Waals surface area contributed by atoms with Gasteiger partial charge >= 0.3 is 6.18 Å². The van der Waals surface area contributed by atoms with E-state index in [0.717, 1.165) is 34.0 Å². The monoisotopic (exact) mass is 500 g/mol. The maximum atomic E-state index is 13.9. The van der Waals surface area contributed by atoms with Crippen molar-refractivity contribution in [3.8, 4) is 10.6 Å². The highest BCUT2D eigenvalue weighted by molar-refractivity contribution is 7.15. The van der Waals surface area contributed by atoms with Gasteiger partial charge in [0.05, 0.1) is 10.6 Å². The molecule has 1 aliphatic heterocycles. The molecule has 0 saturated carbocycles. The van der Waals surface area contributed by atoms with Crippen molar-refractivity contribution in [2.75, 3.05) is 26.2 Å². The lowest BCUT2D eigenvalue weighted by atomic mass is 10.2. The van der Waals surface area contributed by atoms with Gasteiger partial charge in [-0.3, -0.25) is 14.7 Å². The van der Waals surface area contributed by atoms with Crippen molar-refractivity contribution >= 4 is 22.9 Å². The molecular weight excluding hydrogens is 477 g/mol. The van der Waals surface area contributed by atoms with Crippen molar-refractivity contribution in [2.24, 2.45) is 0 Å². The van der Waals surface area contributed by atoms with Crippen LogP contribution in [-0.2, 0) is 19.1 Å². The van der Waals surface area contributed by atoms with Gasteiger partial charge in [-0.05, 0) is 36.2 Å². The summed E-state index contributed by atoms with van der Waals surface area (Å²) < 4.78 is 42.4. The second-order valence-corrected chi connectivity index (χ2v) is 9.54. The molecule has 0 bridgehead atoms. The van der Waals surface area contributed by atoms with Gasteiger partial charge in [0, 0.05) is 56.1 Å². The number of nitrogens with zero attached hydrogens (tertiary/aromatic N) is 6. The molecular formula is C24H23F3N6OS. The number of fused-ring (bicyclic) bond motifs is 1. The molecule has 0 atom stereocenters. The van der Waals surface area contributed by atoms with Crippen LogP contribution >= 0.6 is 11.3 Å². The van der Waals surface area contributed by atoms with Crippen LogP contribution in [0.2, 0.25) is 0 Å². The highest BCUT2D eigenvalue weighted by Gasteiger charge is 2.36. The Morgan fingerprint density at radius 2 is 1.91 bits per heavy atom. The number of hydrogen-bond acceptors (Lipinski definition) is 6. The zero-order valence-electron chi connectivity index (χ0n) is 19.0. The quantitative estimate of drug-likeness (QED) is 0.407. The molecule has 0 unspecified atom stereocenters. The van der Waals surface area contributed by atoms with E-state index in [-0.39, 0.29) is 17.0 Å². The van der Waals surface area contributed by atoms with Crippen LogP contribution in [0, 0.1) is 0 Å². The number of aryl methyl sites for hydroxylation is 1. The molecule has 1 saturated heterocycles. The SMILES string of the molecule is CCc1ccc(-c2cc(C(F)(F)F)n3nc(C(=O)N4CCN(Cc5cccnc5)CC4)cc3n2)s1. The van der Waals surface area contributed by atoms with Crippen LogP contribution in [0.5, 0.6) is 0 Å². The third kappa shape index (κ3) is 4.92. The van der Waals surface area contributed by atoms with E-state index in [1.54, 1.807) is 17.2 Å². The number of halogens is 3. The van der Waals surface area contributed by atoms with E-state index in [1.807, 2.05) is 31.3 Å². The van der Waals surface area contributed by atoms with E-state index < -0.39 is 17.8 Å². The highest BCUT2D eigenvalue weighted by Crippen LogP contribution is 2.34. The number of alkyl halides is 3. The van der Waals surface area contributed by atoms with Crippen LogP contribution in [0.3, 0.4) is 0 Å². The molecule has 0 N–H and O–H groups in total. The molecule has 0 radical (unpaired) electrons. The first kappa shape index (κ1) is 23.4. The zero-order valence-corrected chi connectivity index (χ0v) is 19.8. The van der Waals surface area contributed by atoms with E-state index >= 15 is 0 Å². The number of hydrogen-bond donors (Lipinski definition) is 0. The Morgan fingerprint density at radius 3 is 2.57 bits per heavy atom. The molecule has 1 fully saturated rings. The highest BCUT2D eigenvalue weighted by atomic mass is 32.1. The topological polar surface area (TPSA) is 66.6 Å². The Hall–Kier alpha value is -3.31. The lowest BCUT2D eigenvalue weighted by Crippen LogP contribution is -2.48. The summed E-state index contributed by atoms with van der Waals surface area (Å²) >= 11 is 1.41. The molecule has 4 aromatic heterocycles. The normalized spacial score (nSPS) is 15.1. The Bertz CT molecular complexity index is 1340. The van der Waals surface area contributed by atoms with E-state index in [4.69, 9.17) is 0 Å². The molecule has 0 spiro atoms. The summed E-state index contributed by atoms with van der Waals surface area (Å²) in [5, 5.41) is 4.02.